The van der Waals surface area contributed by atoms with Crippen LogP contribution < -0.4 is 5.56 Å². The topological polar surface area (TPSA) is 52.7 Å². The maximum Gasteiger partial charge on any atom is 0.261 e. The number of halogens is 2. The van der Waals surface area contributed by atoms with Crippen LogP contribution in [0.15, 0.2) is 35.4 Å². The van der Waals surface area contributed by atoms with Gasteiger partial charge in [0.05, 0.1) is 29.5 Å². The van der Waals surface area contributed by atoms with Gasteiger partial charge in [0.15, 0.2) is 0 Å². The van der Waals surface area contributed by atoms with Crippen molar-refractivity contribution >= 4 is 22.5 Å². The van der Waals surface area contributed by atoms with E-state index in [1.165, 1.54) is 33.8 Å². The molecule has 2 aromatic heterocycles. The Morgan fingerprint density at radius 3 is 2.85 bits per heavy atom. The summed E-state index contributed by atoms with van der Waals surface area (Å²) in [6.45, 7) is 0.264. The highest BCUT2D eigenvalue weighted by Crippen LogP contribution is 2.11. The van der Waals surface area contributed by atoms with E-state index in [0.717, 1.165) is 0 Å². The van der Waals surface area contributed by atoms with E-state index in [1.54, 1.807) is 13.1 Å². The van der Waals surface area contributed by atoms with Gasteiger partial charge in [-0.3, -0.25) is 14.0 Å². The van der Waals surface area contributed by atoms with Crippen LogP contribution in [0.4, 0.5) is 4.39 Å². The average molecular weight is 293 g/mol. The second-order valence-electron chi connectivity index (χ2n) is 4.42. The summed E-state index contributed by atoms with van der Waals surface area (Å²) in [5.41, 5.74) is 0.755. The summed E-state index contributed by atoms with van der Waals surface area (Å²) in [7, 11) is 1.72. The Kier molecular flexibility index (Phi) is 3.02. The number of hydrogen-bond donors (Lipinski definition) is 0. The van der Waals surface area contributed by atoms with Gasteiger partial charge in [0, 0.05) is 19.2 Å². The first kappa shape index (κ1) is 12.8. The summed E-state index contributed by atoms with van der Waals surface area (Å²) in [4.78, 5) is 16.4. The summed E-state index contributed by atoms with van der Waals surface area (Å²) in [5.74, 6) is -0.418. The normalized spacial score (nSPS) is 11.2. The first-order valence-corrected chi connectivity index (χ1v) is 6.25. The molecule has 0 unspecified atom stereocenters. The Bertz CT molecular complexity index is 836. The number of aryl methyl sites for hydroxylation is 1. The van der Waals surface area contributed by atoms with Crippen LogP contribution in [0, 0.1) is 5.82 Å². The molecule has 0 saturated heterocycles. The molecule has 0 spiro atoms. The van der Waals surface area contributed by atoms with Crippen molar-refractivity contribution in [3.63, 3.8) is 0 Å². The molecule has 0 bridgehead atoms. The number of nitrogens with zero attached hydrogens (tertiary/aromatic N) is 4. The molecule has 0 fully saturated rings. The van der Waals surface area contributed by atoms with Gasteiger partial charge in [-0.25, -0.2) is 9.37 Å². The van der Waals surface area contributed by atoms with Gasteiger partial charge in [0.2, 0.25) is 0 Å². The van der Waals surface area contributed by atoms with Crippen molar-refractivity contribution in [3.05, 3.63) is 57.6 Å². The third kappa shape index (κ3) is 2.18. The Balaban J connectivity index is 2.06. The maximum atomic E-state index is 13.1. The van der Waals surface area contributed by atoms with Crippen molar-refractivity contribution in [2.75, 3.05) is 0 Å². The van der Waals surface area contributed by atoms with Gasteiger partial charge in [0.1, 0.15) is 11.0 Å². The molecule has 0 atom stereocenters. The second-order valence-corrected chi connectivity index (χ2v) is 4.81. The zero-order chi connectivity index (χ0) is 14.3. The van der Waals surface area contributed by atoms with Gasteiger partial charge in [-0.1, -0.05) is 11.6 Å². The van der Waals surface area contributed by atoms with Crippen LogP contribution in [-0.2, 0) is 13.6 Å². The molecule has 0 saturated carbocycles. The summed E-state index contributed by atoms with van der Waals surface area (Å²) in [6.07, 6.45) is 1.38. The lowest BCUT2D eigenvalue weighted by Crippen LogP contribution is -2.21. The quantitative estimate of drug-likeness (QED) is 0.725. The molecule has 5 nitrogen and oxygen atoms in total. The number of aromatic nitrogens is 4. The zero-order valence-electron chi connectivity index (χ0n) is 10.5. The fourth-order valence-electron chi connectivity index (χ4n) is 2.00. The predicted octanol–water partition coefficient (Wildman–Crippen LogP) is 1.97. The number of hydrogen-bond acceptors (Lipinski definition) is 3. The molecular formula is C13H10ClFN4O. The summed E-state index contributed by atoms with van der Waals surface area (Å²) >= 11 is 5.90. The van der Waals surface area contributed by atoms with Crippen molar-refractivity contribution in [2.45, 2.75) is 6.54 Å². The highest BCUT2D eigenvalue weighted by atomic mass is 35.5. The first-order chi connectivity index (χ1) is 9.54. The minimum absolute atomic E-state index is 0.239. The van der Waals surface area contributed by atoms with E-state index in [1.807, 2.05) is 0 Å². The molecule has 0 aliphatic carbocycles. The predicted molar refractivity (Wildman–Crippen MR) is 73.3 cm³/mol. The lowest BCUT2D eigenvalue weighted by molar-refractivity contribution is 0.628. The third-order valence-electron chi connectivity index (χ3n) is 2.99. The standard InChI is InChI=1S/C13H10ClFN4O/c1-18-12(14)5-9(17-18)6-19-7-16-11-4-8(15)2-3-10(11)13(19)20/h2-5,7H,6H2,1H3. The van der Waals surface area contributed by atoms with Crippen LogP contribution in [0.1, 0.15) is 5.69 Å². The smallest absolute Gasteiger partial charge is 0.261 e. The molecule has 0 N–H and O–H groups in total. The molecule has 3 rings (SSSR count). The fourth-order valence-corrected chi connectivity index (χ4v) is 2.16. The molecule has 2 heterocycles. The van der Waals surface area contributed by atoms with Gasteiger partial charge in [-0.05, 0) is 12.1 Å². The summed E-state index contributed by atoms with van der Waals surface area (Å²) < 4.78 is 16.0. The molecule has 0 aliphatic heterocycles. The van der Waals surface area contributed by atoms with Crippen LogP contribution >= 0.6 is 11.6 Å². The zero-order valence-corrected chi connectivity index (χ0v) is 11.3. The highest BCUT2D eigenvalue weighted by molar-refractivity contribution is 6.29. The second kappa shape index (κ2) is 4.72. The van der Waals surface area contributed by atoms with Crippen LogP contribution in [0.2, 0.25) is 5.15 Å². The van der Waals surface area contributed by atoms with Crippen LogP contribution in [0.25, 0.3) is 10.9 Å². The van der Waals surface area contributed by atoms with E-state index < -0.39 is 5.82 Å². The lowest BCUT2D eigenvalue weighted by atomic mass is 10.2. The van der Waals surface area contributed by atoms with E-state index in [2.05, 4.69) is 10.1 Å². The van der Waals surface area contributed by atoms with Crippen LogP contribution in [-0.4, -0.2) is 19.3 Å². The van der Waals surface area contributed by atoms with E-state index in [0.29, 0.717) is 21.7 Å². The molecule has 0 aliphatic rings. The van der Waals surface area contributed by atoms with E-state index >= 15 is 0 Å². The molecule has 7 heteroatoms. The molecule has 102 valence electrons. The monoisotopic (exact) mass is 292 g/mol. The van der Waals surface area contributed by atoms with Crippen LogP contribution in [0.5, 0.6) is 0 Å². The van der Waals surface area contributed by atoms with Crippen molar-refractivity contribution in [1.82, 2.24) is 19.3 Å². The minimum Gasteiger partial charge on any atom is -0.293 e. The van der Waals surface area contributed by atoms with Gasteiger partial charge < -0.3 is 0 Å². The van der Waals surface area contributed by atoms with Crippen LogP contribution in [0.3, 0.4) is 0 Å². The summed E-state index contributed by atoms with van der Waals surface area (Å²) in [6, 6.07) is 5.59. The molecule has 3 aromatic rings. The summed E-state index contributed by atoms with van der Waals surface area (Å²) in [5, 5.41) is 5.04. The van der Waals surface area contributed by atoms with Crippen molar-refractivity contribution < 1.29 is 4.39 Å². The van der Waals surface area contributed by atoms with Gasteiger partial charge in [-0.2, -0.15) is 5.10 Å². The van der Waals surface area contributed by atoms with E-state index in [-0.39, 0.29) is 12.1 Å². The molecule has 1 aromatic carbocycles. The Morgan fingerprint density at radius 1 is 1.35 bits per heavy atom. The van der Waals surface area contributed by atoms with E-state index in [4.69, 9.17) is 11.6 Å². The maximum absolute atomic E-state index is 13.1. The SMILES string of the molecule is Cn1nc(Cn2cnc3cc(F)ccc3c2=O)cc1Cl. The van der Waals surface area contributed by atoms with Crippen molar-refractivity contribution in [2.24, 2.45) is 7.05 Å². The average Bonchev–Trinajstić information content (AvgIpc) is 2.72. The number of benzene rings is 1. The third-order valence-corrected chi connectivity index (χ3v) is 3.35. The Hall–Kier alpha value is -2.21. The van der Waals surface area contributed by atoms with Gasteiger partial charge in [-0.15, -0.1) is 0 Å². The molecule has 20 heavy (non-hydrogen) atoms. The Morgan fingerprint density at radius 2 is 2.15 bits per heavy atom. The largest absolute Gasteiger partial charge is 0.293 e. The molecule has 0 amide bonds. The number of fused-ring (bicyclic) bond motifs is 1. The van der Waals surface area contributed by atoms with E-state index in [9.17, 15) is 9.18 Å². The van der Waals surface area contributed by atoms with Crippen molar-refractivity contribution in [3.8, 4) is 0 Å². The fraction of sp³-hybridized carbons (Fsp3) is 0.154. The van der Waals surface area contributed by atoms with Crippen molar-refractivity contribution in [1.29, 1.82) is 0 Å². The van der Waals surface area contributed by atoms with Gasteiger partial charge in [0.25, 0.3) is 5.56 Å². The number of rotatable bonds is 2. The van der Waals surface area contributed by atoms with Gasteiger partial charge >= 0.3 is 0 Å². The first-order valence-electron chi connectivity index (χ1n) is 5.88. The Labute approximate surface area is 118 Å². The molecular weight excluding hydrogens is 283 g/mol. The minimum atomic E-state index is -0.418. The highest BCUT2D eigenvalue weighted by Gasteiger charge is 2.08. The lowest BCUT2D eigenvalue weighted by Gasteiger charge is -2.04. The molecule has 0 radical (unpaired) electrons.